The Kier molecular flexibility index (Phi) is 3.75. The Balaban J connectivity index is 2.00. The van der Waals surface area contributed by atoms with Gasteiger partial charge in [-0.3, -0.25) is 0 Å². The maximum atomic E-state index is 11.3. The molecule has 0 amide bonds. The first-order valence-electron chi connectivity index (χ1n) is 5.76. The molecule has 0 N–H and O–H groups in total. The highest BCUT2D eigenvalue weighted by molar-refractivity contribution is 5.84. The average Bonchev–Trinajstić information content (AvgIpc) is 2.79. The number of esters is 1. The summed E-state index contributed by atoms with van der Waals surface area (Å²) in [5.74, 6) is 0.236. The zero-order valence-electron chi connectivity index (χ0n) is 9.81. The highest BCUT2D eigenvalue weighted by Crippen LogP contribution is 2.18. The molecule has 0 saturated carbocycles. The molecule has 0 bridgehead atoms. The van der Waals surface area contributed by atoms with Gasteiger partial charge in [0.1, 0.15) is 5.76 Å². The number of carbonyl (C=O) groups is 1. The third-order valence-electron chi connectivity index (χ3n) is 2.51. The molecule has 1 aromatic rings. The fourth-order valence-electron chi connectivity index (χ4n) is 1.70. The zero-order chi connectivity index (χ0) is 12.1. The Bertz CT molecular complexity index is 457. The predicted octanol–water partition coefficient (Wildman–Crippen LogP) is 2.67. The van der Waals surface area contributed by atoms with Crippen molar-refractivity contribution < 1.29 is 13.9 Å². The Hall–Kier alpha value is -1.84. The molecule has 1 aliphatic rings. The number of hydrogen-bond donors (Lipinski definition) is 0. The monoisotopic (exact) mass is 233 g/mol. The van der Waals surface area contributed by atoms with E-state index < -0.39 is 5.97 Å². The normalized spacial score (nSPS) is 14.5. The Morgan fingerprint density at radius 1 is 1.59 bits per heavy atom. The lowest BCUT2D eigenvalue weighted by Gasteiger charge is -2.05. The van der Waals surface area contributed by atoms with Crippen molar-refractivity contribution in [3.05, 3.63) is 41.6 Å². The molecule has 4 heteroatoms. The Labute approximate surface area is 100.0 Å². The standard InChI is InChI=1S/C13H15NO3/c1-2-16-13(15)12-14-9-11(17-12)8-10-6-4-3-5-7-10/h3-4,6,9H,2,5,7-8H2,1H3. The third-order valence-corrected chi connectivity index (χ3v) is 2.51. The van der Waals surface area contributed by atoms with Gasteiger partial charge in [0.2, 0.25) is 0 Å². The number of rotatable bonds is 4. The molecule has 0 unspecified atom stereocenters. The second kappa shape index (κ2) is 5.48. The molecule has 90 valence electrons. The molecule has 1 aliphatic carbocycles. The van der Waals surface area contributed by atoms with Gasteiger partial charge >= 0.3 is 11.9 Å². The highest BCUT2D eigenvalue weighted by Gasteiger charge is 2.14. The van der Waals surface area contributed by atoms with E-state index in [2.05, 4.69) is 17.1 Å². The zero-order valence-corrected chi connectivity index (χ0v) is 9.81. The molecule has 17 heavy (non-hydrogen) atoms. The van der Waals surface area contributed by atoms with Crippen molar-refractivity contribution in [3.63, 3.8) is 0 Å². The number of oxazole rings is 1. The summed E-state index contributed by atoms with van der Waals surface area (Å²) < 4.78 is 10.2. The lowest BCUT2D eigenvalue weighted by molar-refractivity contribution is 0.0479. The summed E-state index contributed by atoms with van der Waals surface area (Å²) in [5.41, 5.74) is 1.29. The summed E-state index contributed by atoms with van der Waals surface area (Å²) in [6.07, 6.45) is 10.6. The largest absolute Gasteiger partial charge is 0.459 e. The average molecular weight is 233 g/mol. The maximum Gasteiger partial charge on any atom is 0.394 e. The third kappa shape index (κ3) is 3.06. The molecule has 1 aromatic heterocycles. The predicted molar refractivity (Wildman–Crippen MR) is 62.6 cm³/mol. The molecule has 0 spiro atoms. The van der Waals surface area contributed by atoms with Crippen molar-refractivity contribution >= 4 is 5.97 Å². The van der Waals surface area contributed by atoms with Gasteiger partial charge in [0.05, 0.1) is 12.8 Å². The van der Waals surface area contributed by atoms with Crippen molar-refractivity contribution in [3.8, 4) is 0 Å². The van der Waals surface area contributed by atoms with E-state index in [-0.39, 0.29) is 5.89 Å². The maximum absolute atomic E-state index is 11.3. The first-order valence-corrected chi connectivity index (χ1v) is 5.76. The molecule has 0 fully saturated rings. The van der Waals surface area contributed by atoms with Gasteiger partial charge in [0, 0.05) is 6.42 Å². The number of hydrogen-bond acceptors (Lipinski definition) is 4. The molecule has 0 radical (unpaired) electrons. The van der Waals surface area contributed by atoms with Gasteiger partial charge in [0.25, 0.3) is 0 Å². The summed E-state index contributed by atoms with van der Waals surface area (Å²) in [5, 5.41) is 0. The van der Waals surface area contributed by atoms with Gasteiger partial charge in [0.15, 0.2) is 0 Å². The molecule has 0 atom stereocenters. The van der Waals surface area contributed by atoms with Crippen LogP contribution in [0.4, 0.5) is 0 Å². The van der Waals surface area contributed by atoms with Crippen molar-refractivity contribution in [2.24, 2.45) is 0 Å². The van der Waals surface area contributed by atoms with E-state index in [4.69, 9.17) is 9.15 Å². The topological polar surface area (TPSA) is 52.3 Å². The van der Waals surface area contributed by atoms with Gasteiger partial charge in [-0.15, -0.1) is 0 Å². The number of allylic oxidation sites excluding steroid dienone is 4. The second-order valence-electron chi connectivity index (χ2n) is 3.82. The highest BCUT2D eigenvalue weighted by atomic mass is 16.5. The lowest BCUT2D eigenvalue weighted by Crippen LogP contribution is -2.04. The van der Waals surface area contributed by atoms with Crippen LogP contribution in [0.15, 0.2) is 34.4 Å². The molecule has 0 aromatic carbocycles. The minimum Gasteiger partial charge on any atom is -0.459 e. The van der Waals surface area contributed by atoms with Gasteiger partial charge < -0.3 is 9.15 Å². The van der Waals surface area contributed by atoms with Gasteiger partial charge in [-0.25, -0.2) is 9.78 Å². The van der Waals surface area contributed by atoms with Crippen LogP contribution < -0.4 is 0 Å². The number of ether oxygens (including phenoxy) is 1. The van der Waals surface area contributed by atoms with Crippen LogP contribution in [0.1, 0.15) is 36.2 Å². The van der Waals surface area contributed by atoms with Crippen LogP contribution in [0.3, 0.4) is 0 Å². The smallest absolute Gasteiger partial charge is 0.394 e. The fraction of sp³-hybridized carbons (Fsp3) is 0.385. The van der Waals surface area contributed by atoms with Crippen LogP contribution in [0.2, 0.25) is 0 Å². The van der Waals surface area contributed by atoms with E-state index in [1.54, 1.807) is 13.1 Å². The molecule has 0 saturated heterocycles. The molecular weight excluding hydrogens is 218 g/mol. The van der Waals surface area contributed by atoms with Crippen LogP contribution >= 0.6 is 0 Å². The molecule has 1 heterocycles. The molecule has 2 rings (SSSR count). The van der Waals surface area contributed by atoms with Gasteiger partial charge in [-0.05, 0) is 19.8 Å². The lowest BCUT2D eigenvalue weighted by atomic mass is 10.0. The number of nitrogens with zero attached hydrogens (tertiary/aromatic N) is 1. The first kappa shape index (κ1) is 11.6. The van der Waals surface area contributed by atoms with E-state index >= 15 is 0 Å². The summed E-state index contributed by atoms with van der Waals surface area (Å²) in [4.78, 5) is 15.3. The summed E-state index contributed by atoms with van der Waals surface area (Å²) in [7, 11) is 0. The van der Waals surface area contributed by atoms with Crippen molar-refractivity contribution in [2.45, 2.75) is 26.2 Å². The second-order valence-corrected chi connectivity index (χ2v) is 3.82. The van der Waals surface area contributed by atoms with Gasteiger partial charge in [-0.2, -0.15) is 0 Å². The number of carbonyl (C=O) groups excluding carboxylic acids is 1. The van der Waals surface area contributed by atoms with Crippen molar-refractivity contribution in [1.82, 2.24) is 4.98 Å². The quantitative estimate of drug-likeness (QED) is 0.750. The van der Waals surface area contributed by atoms with Crippen LogP contribution in [-0.2, 0) is 11.2 Å². The van der Waals surface area contributed by atoms with Crippen LogP contribution in [-0.4, -0.2) is 17.6 Å². The van der Waals surface area contributed by atoms with E-state index in [0.717, 1.165) is 12.8 Å². The van der Waals surface area contributed by atoms with Crippen LogP contribution in [0.25, 0.3) is 0 Å². The molecule has 0 aliphatic heterocycles. The SMILES string of the molecule is CCOC(=O)c1ncc(CC2=CC=CCC2)o1. The summed E-state index contributed by atoms with van der Waals surface area (Å²) >= 11 is 0. The van der Waals surface area contributed by atoms with Crippen molar-refractivity contribution in [1.29, 1.82) is 0 Å². The van der Waals surface area contributed by atoms with Gasteiger partial charge in [-0.1, -0.05) is 23.8 Å². The van der Waals surface area contributed by atoms with E-state index in [1.807, 2.05) is 6.08 Å². The van der Waals surface area contributed by atoms with Crippen molar-refractivity contribution in [2.75, 3.05) is 6.61 Å². The fourth-order valence-corrected chi connectivity index (χ4v) is 1.70. The minimum absolute atomic E-state index is 0.0359. The van der Waals surface area contributed by atoms with E-state index in [0.29, 0.717) is 18.8 Å². The minimum atomic E-state index is -0.503. The van der Waals surface area contributed by atoms with Crippen LogP contribution in [0, 0.1) is 0 Å². The number of aromatic nitrogens is 1. The molecule has 4 nitrogen and oxygen atoms in total. The Morgan fingerprint density at radius 3 is 3.18 bits per heavy atom. The van der Waals surface area contributed by atoms with E-state index in [1.165, 1.54) is 5.57 Å². The Morgan fingerprint density at radius 2 is 2.47 bits per heavy atom. The van der Waals surface area contributed by atoms with E-state index in [9.17, 15) is 4.79 Å². The first-order chi connectivity index (χ1) is 8.29. The summed E-state index contributed by atoms with van der Waals surface area (Å²) in [6, 6.07) is 0. The summed E-state index contributed by atoms with van der Waals surface area (Å²) in [6.45, 7) is 2.08. The van der Waals surface area contributed by atoms with Crippen LogP contribution in [0.5, 0.6) is 0 Å². The molecular formula is C13H15NO3.